The largest absolute Gasteiger partial charge is 0.493 e. The van der Waals surface area contributed by atoms with E-state index in [9.17, 15) is 0 Å². The predicted molar refractivity (Wildman–Crippen MR) is 88.0 cm³/mol. The van der Waals surface area contributed by atoms with Crippen molar-refractivity contribution in [2.75, 3.05) is 7.11 Å². The lowest BCUT2D eigenvalue weighted by Crippen LogP contribution is -1.98. The van der Waals surface area contributed by atoms with Crippen molar-refractivity contribution in [2.45, 2.75) is 6.61 Å². The molecular formula is C18H13ClN2O2. The lowest BCUT2D eigenvalue weighted by molar-refractivity contribution is 0.284. The van der Waals surface area contributed by atoms with E-state index in [0.29, 0.717) is 28.7 Å². The van der Waals surface area contributed by atoms with Crippen LogP contribution in [0.2, 0.25) is 5.02 Å². The minimum absolute atomic E-state index is 0.0275. The predicted octanol–water partition coefficient (Wildman–Crippen LogP) is 4.36. The smallest absolute Gasteiger partial charge is 0.161 e. The van der Waals surface area contributed by atoms with Crippen LogP contribution in [0.5, 0.6) is 11.5 Å². The van der Waals surface area contributed by atoms with Gasteiger partial charge in [-0.3, -0.25) is 0 Å². The molecule has 2 rings (SSSR count). The van der Waals surface area contributed by atoms with Gasteiger partial charge in [-0.15, -0.1) is 0 Å². The Kier molecular flexibility index (Phi) is 5.63. The maximum atomic E-state index is 8.79. The molecule has 2 aromatic rings. The fraction of sp³-hybridized carbons (Fsp3) is 0.111. The van der Waals surface area contributed by atoms with Crippen molar-refractivity contribution in [3.63, 3.8) is 0 Å². The zero-order valence-corrected chi connectivity index (χ0v) is 13.2. The molecule has 2 aromatic carbocycles. The molecule has 0 fully saturated rings. The molecule has 0 aromatic heterocycles. The molecule has 0 saturated carbocycles. The minimum atomic E-state index is 0.0275. The topological polar surface area (TPSA) is 66.0 Å². The summed E-state index contributed by atoms with van der Waals surface area (Å²) >= 11 is 5.94. The average Bonchev–Trinajstić information content (AvgIpc) is 2.58. The van der Waals surface area contributed by atoms with Gasteiger partial charge in [0.25, 0.3) is 0 Å². The van der Waals surface area contributed by atoms with Gasteiger partial charge in [-0.1, -0.05) is 29.8 Å². The van der Waals surface area contributed by atoms with Gasteiger partial charge in [0.05, 0.1) is 7.11 Å². The number of methoxy groups -OCH3 is 1. The highest BCUT2D eigenvalue weighted by Gasteiger charge is 2.06. The quantitative estimate of drug-likeness (QED) is 0.766. The summed E-state index contributed by atoms with van der Waals surface area (Å²) in [6.45, 7) is 0.355. The van der Waals surface area contributed by atoms with E-state index in [-0.39, 0.29) is 5.57 Å². The van der Waals surface area contributed by atoms with Crippen molar-refractivity contribution >= 4 is 17.7 Å². The Hall–Kier alpha value is -2.95. The van der Waals surface area contributed by atoms with E-state index >= 15 is 0 Å². The van der Waals surface area contributed by atoms with Crippen molar-refractivity contribution in [3.8, 4) is 23.6 Å². The summed E-state index contributed by atoms with van der Waals surface area (Å²) in [5, 5.41) is 18.2. The SMILES string of the molecule is COc1cc(C=C(C#N)C#N)ccc1OCc1cccc(Cl)c1. The summed E-state index contributed by atoms with van der Waals surface area (Å²) in [4.78, 5) is 0. The van der Waals surface area contributed by atoms with Gasteiger partial charge in [0.15, 0.2) is 11.5 Å². The van der Waals surface area contributed by atoms with Crippen LogP contribution in [-0.2, 0) is 6.61 Å². The molecule has 0 aliphatic heterocycles. The molecule has 23 heavy (non-hydrogen) atoms. The second kappa shape index (κ2) is 7.89. The van der Waals surface area contributed by atoms with E-state index in [2.05, 4.69) is 0 Å². The fourth-order valence-corrected chi connectivity index (χ4v) is 2.15. The first-order valence-electron chi connectivity index (χ1n) is 6.73. The zero-order valence-electron chi connectivity index (χ0n) is 12.4. The lowest BCUT2D eigenvalue weighted by Gasteiger charge is -2.11. The zero-order chi connectivity index (χ0) is 16.7. The number of nitrogens with zero attached hydrogens (tertiary/aromatic N) is 2. The number of hydrogen-bond acceptors (Lipinski definition) is 4. The Bertz CT molecular complexity index is 801. The van der Waals surface area contributed by atoms with Crippen LogP contribution >= 0.6 is 11.6 Å². The highest BCUT2D eigenvalue weighted by molar-refractivity contribution is 6.30. The van der Waals surface area contributed by atoms with Crippen LogP contribution in [0.25, 0.3) is 6.08 Å². The van der Waals surface area contributed by atoms with Crippen molar-refractivity contribution in [1.29, 1.82) is 10.5 Å². The van der Waals surface area contributed by atoms with E-state index < -0.39 is 0 Å². The molecule has 0 heterocycles. The molecule has 0 unspecified atom stereocenters. The number of rotatable bonds is 5. The molecule has 0 N–H and O–H groups in total. The van der Waals surface area contributed by atoms with Gasteiger partial charge in [0, 0.05) is 5.02 Å². The molecule has 4 nitrogen and oxygen atoms in total. The normalized spacial score (nSPS) is 9.39. The van der Waals surface area contributed by atoms with Crippen LogP contribution in [0, 0.1) is 22.7 Å². The first-order chi connectivity index (χ1) is 11.2. The highest BCUT2D eigenvalue weighted by Crippen LogP contribution is 2.29. The molecule has 5 heteroatoms. The molecule has 0 radical (unpaired) electrons. The molecular weight excluding hydrogens is 312 g/mol. The fourth-order valence-electron chi connectivity index (χ4n) is 1.94. The number of nitriles is 2. The third kappa shape index (κ3) is 4.51. The van der Waals surface area contributed by atoms with Crippen molar-refractivity contribution in [3.05, 3.63) is 64.2 Å². The van der Waals surface area contributed by atoms with E-state index in [1.54, 1.807) is 24.3 Å². The van der Waals surface area contributed by atoms with Crippen LogP contribution in [0.3, 0.4) is 0 Å². The van der Waals surface area contributed by atoms with E-state index in [1.165, 1.54) is 13.2 Å². The maximum Gasteiger partial charge on any atom is 0.161 e. The molecule has 0 aliphatic rings. The van der Waals surface area contributed by atoms with Crippen LogP contribution in [-0.4, -0.2) is 7.11 Å². The lowest BCUT2D eigenvalue weighted by atomic mass is 10.1. The molecule has 0 aliphatic carbocycles. The van der Waals surface area contributed by atoms with Crippen LogP contribution < -0.4 is 9.47 Å². The monoisotopic (exact) mass is 324 g/mol. The van der Waals surface area contributed by atoms with Gasteiger partial charge in [-0.25, -0.2) is 0 Å². The highest BCUT2D eigenvalue weighted by atomic mass is 35.5. The summed E-state index contributed by atoms with van der Waals surface area (Å²) in [5.41, 5.74) is 1.66. The van der Waals surface area contributed by atoms with Crippen molar-refractivity contribution in [2.24, 2.45) is 0 Å². The molecule has 0 atom stereocenters. The first kappa shape index (κ1) is 16.4. The minimum Gasteiger partial charge on any atom is -0.493 e. The third-order valence-corrected chi connectivity index (χ3v) is 3.26. The Morgan fingerprint density at radius 2 is 1.91 bits per heavy atom. The average molecular weight is 325 g/mol. The summed E-state index contributed by atoms with van der Waals surface area (Å²) in [7, 11) is 1.53. The van der Waals surface area contributed by atoms with E-state index in [1.807, 2.05) is 30.3 Å². The Morgan fingerprint density at radius 3 is 2.57 bits per heavy atom. The molecule has 114 valence electrons. The van der Waals surface area contributed by atoms with Crippen LogP contribution in [0.15, 0.2) is 48.0 Å². The Morgan fingerprint density at radius 1 is 1.13 bits per heavy atom. The molecule has 0 amide bonds. The number of benzene rings is 2. The molecule has 0 bridgehead atoms. The second-order valence-corrected chi connectivity index (χ2v) is 5.05. The van der Waals surface area contributed by atoms with Crippen molar-refractivity contribution in [1.82, 2.24) is 0 Å². The molecule has 0 spiro atoms. The van der Waals surface area contributed by atoms with Crippen LogP contribution in [0.4, 0.5) is 0 Å². The van der Waals surface area contributed by atoms with Gasteiger partial charge in [0.1, 0.15) is 24.3 Å². The summed E-state index contributed by atoms with van der Waals surface area (Å²) < 4.78 is 11.0. The summed E-state index contributed by atoms with van der Waals surface area (Å²) in [6, 6.07) is 16.2. The number of allylic oxidation sites excluding steroid dienone is 1. The van der Waals surface area contributed by atoms with E-state index in [0.717, 1.165) is 5.56 Å². The summed E-state index contributed by atoms with van der Waals surface area (Å²) in [6.07, 6.45) is 1.49. The Labute approximate surface area is 139 Å². The second-order valence-electron chi connectivity index (χ2n) is 4.61. The van der Waals surface area contributed by atoms with Crippen LogP contribution in [0.1, 0.15) is 11.1 Å². The number of hydrogen-bond donors (Lipinski definition) is 0. The third-order valence-electron chi connectivity index (χ3n) is 3.02. The van der Waals surface area contributed by atoms with Gasteiger partial charge in [0.2, 0.25) is 0 Å². The standard InChI is InChI=1S/C18H13ClN2O2/c1-22-18-9-13(7-15(10-20)11-21)5-6-17(18)23-12-14-3-2-4-16(19)8-14/h2-9H,12H2,1H3. The van der Waals surface area contributed by atoms with Gasteiger partial charge < -0.3 is 9.47 Å². The number of halogens is 1. The maximum absolute atomic E-state index is 8.79. The Balaban J connectivity index is 2.19. The van der Waals surface area contributed by atoms with E-state index in [4.69, 9.17) is 31.6 Å². The van der Waals surface area contributed by atoms with Gasteiger partial charge >= 0.3 is 0 Å². The molecule has 0 saturated heterocycles. The first-order valence-corrected chi connectivity index (χ1v) is 7.11. The number of ether oxygens (including phenoxy) is 2. The van der Waals surface area contributed by atoms with Crippen molar-refractivity contribution < 1.29 is 9.47 Å². The van der Waals surface area contributed by atoms with Gasteiger partial charge in [-0.2, -0.15) is 10.5 Å². The van der Waals surface area contributed by atoms with Gasteiger partial charge in [-0.05, 0) is 41.5 Å². The summed E-state index contributed by atoms with van der Waals surface area (Å²) in [5.74, 6) is 1.09.